The van der Waals surface area contributed by atoms with E-state index in [9.17, 15) is 9.36 Å². The van der Waals surface area contributed by atoms with E-state index in [2.05, 4.69) is 10.1 Å². The minimum Gasteiger partial charge on any atom is -0.453 e. The molecule has 0 aliphatic carbocycles. The second kappa shape index (κ2) is 5.58. The van der Waals surface area contributed by atoms with Crippen molar-refractivity contribution < 1.29 is 14.1 Å². The van der Waals surface area contributed by atoms with Crippen LogP contribution in [0.3, 0.4) is 0 Å². The number of hydrogen-bond donors (Lipinski definition) is 1. The summed E-state index contributed by atoms with van der Waals surface area (Å²) in [6.45, 7) is 0. The molecule has 0 aromatic heterocycles. The van der Waals surface area contributed by atoms with Crippen molar-refractivity contribution in [3.8, 4) is 0 Å². The molecule has 16 heavy (non-hydrogen) atoms. The third kappa shape index (κ3) is 3.71. The van der Waals surface area contributed by atoms with Crippen LogP contribution in [0.5, 0.6) is 0 Å². The first kappa shape index (κ1) is 13.4. The predicted octanol–water partition coefficient (Wildman–Crippen LogP) is 3.71. The summed E-state index contributed by atoms with van der Waals surface area (Å²) >= 11 is 11.2. The first-order valence-electron chi connectivity index (χ1n) is 4.33. The Balaban J connectivity index is 2.98. The maximum absolute atomic E-state index is 11.6. The molecule has 0 aliphatic rings. The summed E-state index contributed by atoms with van der Waals surface area (Å²) < 4.78 is 16.0. The van der Waals surface area contributed by atoms with Crippen molar-refractivity contribution in [1.82, 2.24) is 5.32 Å². The zero-order chi connectivity index (χ0) is 12.2. The highest BCUT2D eigenvalue weighted by molar-refractivity contribution is 8.08. The van der Waals surface area contributed by atoms with Gasteiger partial charge < -0.3 is 10.1 Å². The third-order valence-electron chi connectivity index (χ3n) is 1.86. The van der Waals surface area contributed by atoms with Gasteiger partial charge >= 0.3 is 6.09 Å². The van der Waals surface area contributed by atoms with Crippen molar-refractivity contribution in [3.63, 3.8) is 0 Å². The lowest BCUT2D eigenvalue weighted by Crippen LogP contribution is -2.26. The van der Waals surface area contributed by atoms with Crippen LogP contribution in [0, 0.1) is 0 Å². The quantitative estimate of drug-likeness (QED) is 0.860. The van der Waals surface area contributed by atoms with Crippen molar-refractivity contribution in [3.05, 3.63) is 35.9 Å². The van der Waals surface area contributed by atoms with Gasteiger partial charge in [0.05, 0.1) is 7.11 Å². The SMILES string of the molecule is COC(=O)NC(c1ccccc1)P(=O)(Cl)Cl. The van der Waals surface area contributed by atoms with Crippen LogP contribution in [0.25, 0.3) is 0 Å². The molecule has 4 nitrogen and oxygen atoms in total. The van der Waals surface area contributed by atoms with Crippen molar-refractivity contribution in [2.45, 2.75) is 5.78 Å². The van der Waals surface area contributed by atoms with Crippen LogP contribution in [0.1, 0.15) is 11.3 Å². The van der Waals surface area contributed by atoms with Gasteiger partial charge in [-0.3, -0.25) is 4.57 Å². The van der Waals surface area contributed by atoms with Gasteiger partial charge in [-0.2, -0.15) is 0 Å². The normalized spacial score (nSPS) is 12.9. The smallest absolute Gasteiger partial charge is 0.407 e. The monoisotopic (exact) mass is 281 g/mol. The number of alkyl carbamates (subject to hydrolysis) is 1. The summed E-state index contributed by atoms with van der Waals surface area (Å²) in [4.78, 5) is 11.1. The number of carbonyl (C=O) groups is 1. The Labute approximate surface area is 103 Å². The Morgan fingerprint density at radius 1 is 1.38 bits per heavy atom. The van der Waals surface area contributed by atoms with Gasteiger partial charge in [-0.1, -0.05) is 30.3 Å². The van der Waals surface area contributed by atoms with Crippen molar-refractivity contribution in [2.24, 2.45) is 0 Å². The van der Waals surface area contributed by atoms with E-state index in [4.69, 9.17) is 22.5 Å². The molecular formula is C9H10Cl2NO3P. The van der Waals surface area contributed by atoms with E-state index in [1.165, 1.54) is 7.11 Å². The molecule has 0 aliphatic heterocycles. The Morgan fingerprint density at radius 3 is 2.38 bits per heavy atom. The Bertz CT molecular complexity index is 406. The maximum atomic E-state index is 11.6. The molecular weight excluding hydrogens is 272 g/mol. The minimum atomic E-state index is -3.53. The summed E-state index contributed by atoms with van der Waals surface area (Å²) in [5.74, 6) is -4.50. The second-order valence-corrected chi connectivity index (χ2v) is 8.01. The zero-order valence-corrected chi connectivity index (χ0v) is 10.8. The summed E-state index contributed by atoms with van der Waals surface area (Å²) in [6.07, 6.45) is -0.740. The van der Waals surface area contributed by atoms with Gasteiger partial charge in [0.15, 0.2) is 0 Å². The molecule has 1 aromatic carbocycles. The highest BCUT2D eigenvalue weighted by atomic mass is 35.9. The van der Waals surface area contributed by atoms with E-state index in [1.807, 2.05) is 0 Å². The van der Waals surface area contributed by atoms with Gasteiger partial charge in [-0.15, -0.1) is 0 Å². The number of ether oxygens (including phenoxy) is 1. The molecule has 88 valence electrons. The van der Waals surface area contributed by atoms with Crippen LogP contribution in [-0.2, 0) is 9.30 Å². The molecule has 1 aromatic rings. The second-order valence-electron chi connectivity index (χ2n) is 2.95. The fourth-order valence-corrected chi connectivity index (χ4v) is 2.88. The van der Waals surface area contributed by atoms with Gasteiger partial charge in [0.2, 0.25) is 0 Å². The summed E-state index contributed by atoms with van der Waals surface area (Å²) in [5, 5.41) is 2.33. The van der Waals surface area contributed by atoms with E-state index in [-0.39, 0.29) is 0 Å². The third-order valence-corrected chi connectivity index (χ3v) is 4.06. The van der Waals surface area contributed by atoms with Crippen LogP contribution in [-0.4, -0.2) is 13.2 Å². The highest BCUT2D eigenvalue weighted by Crippen LogP contribution is 2.66. The summed E-state index contributed by atoms with van der Waals surface area (Å²) in [7, 11) is 1.20. The van der Waals surface area contributed by atoms with E-state index < -0.39 is 17.7 Å². The number of carbonyl (C=O) groups excluding carboxylic acids is 1. The zero-order valence-electron chi connectivity index (χ0n) is 8.39. The first-order chi connectivity index (χ1) is 7.45. The Hall–Kier alpha value is -0.700. The fraction of sp³-hybridized carbons (Fsp3) is 0.222. The van der Waals surface area contributed by atoms with Gasteiger partial charge in [-0.25, -0.2) is 4.79 Å². The summed E-state index contributed by atoms with van der Waals surface area (Å²) in [5.41, 5.74) is 0.557. The number of amides is 1. The molecule has 0 bridgehead atoms. The molecule has 1 rings (SSSR count). The molecule has 0 fully saturated rings. The maximum Gasteiger partial charge on any atom is 0.407 e. The molecule has 0 spiro atoms. The molecule has 1 atom stereocenters. The average molecular weight is 282 g/mol. The lowest BCUT2D eigenvalue weighted by Gasteiger charge is -2.18. The van der Waals surface area contributed by atoms with Crippen molar-refractivity contribution in [2.75, 3.05) is 7.11 Å². The van der Waals surface area contributed by atoms with E-state index >= 15 is 0 Å². The number of halogens is 2. The minimum absolute atomic E-state index is 0.557. The van der Waals surface area contributed by atoms with Crippen LogP contribution in [0.4, 0.5) is 4.79 Å². The number of methoxy groups -OCH3 is 1. The largest absolute Gasteiger partial charge is 0.453 e. The average Bonchev–Trinajstić information content (AvgIpc) is 2.25. The Morgan fingerprint density at radius 2 is 1.94 bits per heavy atom. The van der Waals surface area contributed by atoms with Crippen LogP contribution in [0.2, 0.25) is 0 Å². The van der Waals surface area contributed by atoms with Crippen molar-refractivity contribution >= 4 is 34.4 Å². The lowest BCUT2D eigenvalue weighted by molar-refractivity contribution is 0.170. The van der Waals surface area contributed by atoms with Crippen LogP contribution in [0.15, 0.2) is 30.3 Å². The van der Waals surface area contributed by atoms with Crippen LogP contribution < -0.4 is 5.32 Å². The molecule has 1 unspecified atom stereocenters. The predicted molar refractivity (Wildman–Crippen MR) is 64.0 cm³/mol. The molecule has 1 N–H and O–H groups in total. The number of benzene rings is 1. The number of hydrogen-bond acceptors (Lipinski definition) is 3. The first-order valence-corrected chi connectivity index (χ1v) is 7.92. The topological polar surface area (TPSA) is 55.4 Å². The molecule has 1 amide bonds. The molecule has 0 saturated heterocycles. The number of nitrogens with one attached hydrogen (secondary N) is 1. The van der Waals surface area contributed by atoms with Gasteiger partial charge in [0, 0.05) is 0 Å². The number of rotatable bonds is 3. The fourth-order valence-electron chi connectivity index (χ4n) is 1.14. The van der Waals surface area contributed by atoms with Crippen molar-refractivity contribution in [1.29, 1.82) is 0 Å². The molecule has 0 saturated carbocycles. The van der Waals surface area contributed by atoms with Gasteiger partial charge in [0.1, 0.15) is 5.78 Å². The van der Waals surface area contributed by atoms with E-state index in [0.29, 0.717) is 5.56 Å². The standard InChI is InChI=1S/C9H10Cl2NO3P/c1-15-9(13)12-8(16(10,11)14)7-5-3-2-4-6-7/h2-6,8H,1H3,(H,12,13). The van der Waals surface area contributed by atoms with E-state index in [1.54, 1.807) is 30.3 Å². The van der Waals surface area contributed by atoms with Gasteiger partial charge in [0.25, 0.3) is 5.85 Å². The highest BCUT2D eigenvalue weighted by Gasteiger charge is 2.31. The Kier molecular flexibility index (Phi) is 4.66. The molecule has 0 heterocycles. The molecule has 7 heteroatoms. The lowest BCUT2D eigenvalue weighted by atomic mass is 10.2. The van der Waals surface area contributed by atoms with Gasteiger partial charge in [-0.05, 0) is 28.0 Å². The molecule has 0 radical (unpaired) electrons. The van der Waals surface area contributed by atoms with Crippen LogP contribution >= 0.6 is 28.3 Å². The summed E-state index contributed by atoms with van der Waals surface area (Å²) in [6, 6.07) is 8.57. The van der Waals surface area contributed by atoms with E-state index in [0.717, 1.165) is 0 Å².